The molecular formula is C17H26Cl3N. The molecule has 120 valence electrons. The summed E-state index contributed by atoms with van der Waals surface area (Å²) < 4.78 is 0. The van der Waals surface area contributed by atoms with E-state index in [9.17, 15) is 0 Å². The minimum absolute atomic E-state index is 0. The molecule has 1 atom stereocenters. The smallest absolute Gasteiger partial charge is 0.0452 e. The molecule has 1 aliphatic rings. The van der Waals surface area contributed by atoms with Crippen molar-refractivity contribution in [1.29, 1.82) is 0 Å². The first-order chi connectivity index (χ1) is 9.72. The summed E-state index contributed by atoms with van der Waals surface area (Å²) in [5.41, 5.74) is 7.08. The minimum Gasteiger partial charge on any atom is -0.330 e. The number of nitrogens with two attached hydrogens (primary N) is 1. The zero-order chi connectivity index (χ0) is 14.4. The molecule has 1 aromatic rings. The zero-order valence-electron chi connectivity index (χ0n) is 12.5. The van der Waals surface area contributed by atoms with E-state index in [1.54, 1.807) is 0 Å². The third kappa shape index (κ3) is 5.63. The highest BCUT2D eigenvalue weighted by molar-refractivity contribution is 6.35. The molecule has 21 heavy (non-hydrogen) atoms. The van der Waals surface area contributed by atoms with E-state index >= 15 is 0 Å². The van der Waals surface area contributed by atoms with Gasteiger partial charge in [-0.25, -0.2) is 0 Å². The lowest BCUT2D eigenvalue weighted by molar-refractivity contribution is 0.238. The van der Waals surface area contributed by atoms with Crippen LogP contribution in [0.25, 0.3) is 0 Å². The number of benzene rings is 1. The van der Waals surface area contributed by atoms with Crippen LogP contribution in [0.15, 0.2) is 18.2 Å². The third-order valence-electron chi connectivity index (χ3n) is 4.68. The zero-order valence-corrected chi connectivity index (χ0v) is 14.8. The molecule has 1 aromatic carbocycles. The number of rotatable bonds is 6. The molecule has 0 spiro atoms. The summed E-state index contributed by atoms with van der Waals surface area (Å²) in [6.07, 6.45) is 10.2. The van der Waals surface area contributed by atoms with Crippen LogP contribution in [0.1, 0.15) is 50.5 Å². The van der Waals surface area contributed by atoms with E-state index in [0.29, 0.717) is 5.92 Å². The lowest BCUT2D eigenvalue weighted by Gasteiger charge is -2.29. The van der Waals surface area contributed by atoms with Gasteiger partial charge in [0.1, 0.15) is 0 Å². The number of hydrogen-bond acceptors (Lipinski definition) is 1. The highest BCUT2D eigenvalue weighted by atomic mass is 35.5. The van der Waals surface area contributed by atoms with Crippen molar-refractivity contribution in [2.45, 2.75) is 51.4 Å². The van der Waals surface area contributed by atoms with Crippen molar-refractivity contribution in [3.05, 3.63) is 33.8 Å². The van der Waals surface area contributed by atoms with E-state index in [1.807, 2.05) is 18.2 Å². The fourth-order valence-electron chi connectivity index (χ4n) is 3.46. The Balaban J connectivity index is 0.00000220. The fraction of sp³-hybridized carbons (Fsp3) is 0.647. The summed E-state index contributed by atoms with van der Waals surface area (Å²) in [7, 11) is 0. The lowest BCUT2D eigenvalue weighted by atomic mass is 9.78. The van der Waals surface area contributed by atoms with Crippen LogP contribution in [0.5, 0.6) is 0 Å². The van der Waals surface area contributed by atoms with E-state index in [1.165, 1.54) is 38.5 Å². The lowest BCUT2D eigenvalue weighted by Crippen LogP contribution is -2.25. The standard InChI is InChI=1S/C17H25Cl2N.ClH/c18-16-10-5-11-17(19)15(16)9-4-8-14(12-20)13-6-2-1-3-7-13;/h5,10-11,13-14H,1-4,6-9,12,20H2;1H. The maximum absolute atomic E-state index is 6.22. The molecule has 1 nitrogen and oxygen atoms in total. The Kier molecular flexibility index (Phi) is 9.04. The molecule has 4 heteroatoms. The largest absolute Gasteiger partial charge is 0.330 e. The van der Waals surface area contributed by atoms with Crippen molar-refractivity contribution in [1.82, 2.24) is 0 Å². The van der Waals surface area contributed by atoms with Gasteiger partial charge in [-0.15, -0.1) is 12.4 Å². The molecule has 2 rings (SSSR count). The Morgan fingerprint density at radius 2 is 1.71 bits per heavy atom. The molecule has 1 unspecified atom stereocenters. The van der Waals surface area contributed by atoms with Gasteiger partial charge >= 0.3 is 0 Å². The molecule has 0 heterocycles. The van der Waals surface area contributed by atoms with Crippen molar-refractivity contribution in [2.24, 2.45) is 17.6 Å². The molecule has 0 aliphatic heterocycles. The molecule has 1 fully saturated rings. The van der Waals surface area contributed by atoms with Crippen LogP contribution < -0.4 is 5.73 Å². The van der Waals surface area contributed by atoms with Gasteiger partial charge < -0.3 is 5.73 Å². The Morgan fingerprint density at radius 1 is 1.10 bits per heavy atom. The predicted molar refractivity (Wildman–Crippen MR) is 95.8 cm³/mol. The summed E-state index contributed by atoms with van der Waals surface area (Å²) >= 11 is 12.4. The number of halogens is 3. The monoisotopic (exact) mass is 349 g/mol. The predicted octanol–water partition coefficient (Wildman–Crippen LogP) is 5.89. The quantitative estimate of drug-likeness (QED) is 0.679. The van der Waals surface area contributed by atoms with E-state index < -0.39 is 0 Å². The highest BCUT2D eigenvalue weighted by Crippen LogP contribution is 2.33. The minimum atomic E-state index is 0. The van der Waals surface area contributed by atoms with Gasteiger partial charge in [-0.1, -0.05) is 61.4 Å². The van der Waals surface area contributed by atoms with Crippen LogP contribution in [0, 0.1) is 11.8 Å². The van der Waals surface area contributed by atoms with Crippen LogP contribution in [0.4, 0.5) is 0 Å². The van der Waals surface area contributed by atoms with Crippen LogP contribution in [0.2, 0.25) is 10.0 Å². The van der Waals surface area contributed by atoms with Crippen LogP contribution >= 0.6 is 35.6 Å². The summed E-state index contributed by atoms with van der Waals surface area (Å²) in [6.45, 7) is 0.820. The summed E-state index contributed by atoms with van der Waals surface area (Å²) in [5.74, 6) is 1.52. The van der Waals surface area contributed by atoms with E-state index in [-0.39, 0.29) is 12.4 Å². The van der Waals surface area contributed by atoms with Crippen LogP contribution in [-0.2, 0) is 6.42 Å². The van der Waals surface area contributed by atoms with Gasteiger partial charge in [0.15, 0.2) is 0 Å². The first-order valence-corrected chi connectivity index (χ1v) is 8.61. The Hall–Kier alpha value is 0.0500. The normalized spacial score (nSPS) is 17.3. The average molecular weight is 351 g/mol. The van der Waals surface area contributed by atoms with Gasteiger partial charge in [0, 0.05) is 10.0 Å². The Morgan fingerprint density at radius 3 is 2.29 bits per heavy atom. The topological polar surface area (TPSA) is 26.0 Å². The van der Waals surface area contributed by atoms with Gasteiger partial charge in [0.25, 0.3) is 0 Å². The molecular weight excluding hydrogens is 325 g/mol. The maximum atomic E-state index is 6.22. The first kappa shape index (κ1) is 19.1. The molecule has 0 bridgehead atoms. The van der Waals surface area contributed by atoms with Gasteiger partial charge in [-0.05, 0) is 55.3 Å². The van der Waals surface area contributed by atoms with Gasteiger partial charge in [0.05, 0.1) is 0 Å². The van der Waals surface area contributed by atoms with Crippen molar-refractivity contribution >= 4 is 35.6 Å². The average Bonchev–Trinajstić information content (AvgIpc) is 2.47. The van der Waals surface area contributed by atoms with Crippen molar-refractivity contribution < 1.29 is 0 Å². The SMILES string of the molecule is Cl.NCC(CCCc1c(Cl)cccc1Cl)C1CCCCC1. The maximum Gasteiger partial charge on any atom is 0.0452 e. The van der Waals surface area contributed by atoms with Crippen molar-refractivity contribution in [3.63, 3.8) is 0 Å². The van der Waals surface area contributed by atoms with E-state index in [4.69, 9.17) is 28.9 Å². The van der Waals surface area contributed by atoms with Gasteiger partial charge in [-0.2, -0.15) is 0 Å². The van der Waals surface area contributed by atoms with Gasteiger partial charge in [-0.3, -0.25) is 0 Å². The molecule has 0 aromatic heterocycles. The molecule has 1 saturated carbocycles. The first-order valence-electron chi connectivity index (χ1n) is 7.85. The van der Waals surface area contributed by atoms with Gasteiger partial charge in [0.2, 0.25) is 0 Å². The Bertz CT molecular complexity index is 396. The van der Waals surface area contributed by atoms with E-state index in [0.717, 1.165) is 40.9 Å². The second kappa shape index (κ2) is 9.94. The second-order valence-electron chi connectivity index (χ2n) is 5.99. The summed E-state index contributed by atoms with van der Waals surface area (Å²) in [5, 5.41) is 1.58. The molecule has 1 aliphatic carbocycles. The third-order valence-corrected chi connectivity index (χ3v) is 5.39. The molecule has 0 radical (unpaired) electrons. The molecule has 0 amide bonds. The van der Waals surface area contributed by atoms with Crippen LogP contribution in [-0.4, -0.2) is 6.54 Å². The molecule has 0 saturated heterocycles. The Labute approximate surface area is 145 Å². The summed E-state index contributed by atoms with van der Waals surface area (Å²) in [6, 6.07) is 5.74. The van der Waals surface area contributed by atoms with Crippen molar-refractivity contribution in [2.75, 3.05) is 6.54 Å². The van der Waals surface area contributed by atoms with Crippen molar-refractivity contribution in [3.8, 4) is 0 Å². The second-order valence-corrected chi connectivity index (χ2v) is 6.80. The number of hydrogen-bond donors (Lipinski definition) is 1. The van der Waals surface area contributed by atoms with Crippen LogP contribution in [0.3, 0.4) is 0 Å². The highest BCUT2D eigenvalue weighted by Gasteiger charge is 2.22. The summed E-state index contributed by atoms with van der Waals surface area (Å²) in [4.78, 5) is 0. The fourth-order valence-corrected chi connectivity index (χ4v) is 4.05. The molecule has 2 N–H and O–H groups in total. The van der Waals surface area contributed by atoms with E-state index in [2.05, 4.69) is 0 Å².